The summed E-state index contributed by atoms with van der Waals surface area (Å²) in [5, 5.41) is 21.7. The summed E-state index contributed by atoms with van der Waals surface area (Å²) in [4.78, 5) is 22.1. The lowest BCUT2D eigenvalue weighted by molar-refractivity contribution is -0.139. The van der Waals surface area contributed by atoms with Gasteiger partial charge in [-0.05, 0) is 12.8 Å². The molecule has 15 heavy (non-hydrogen) atoms. The number of hydrogen-bond acceptors (Lipinski definition) is 4. The average molecular weight is 211 g/mol. The van der Waals surface area contributed by atoms with E-state index in [2.05, 4.69) is 10.6 Å². The maximum Gasteiger partial charge on any atom is 0.310 e. The molecule has 1 rings (SSSR count). The molecule has 0 radical (unpaired) electrons. The molecule has 1 saturated carbocycles. The Morgan fingerprint density at radius 3 is 2.40 bits per heavy atom. The van der Waals surface area contributed by atoms with Crippen molar-refractivity contribution >= 4 is 11.8 Å². The number of carbonyl (C=O) groups is 2. The molecule has 1 fully saturated rings. The van der Waals surface area contributed by atoms with E-state index >= 15 is 0 Å². The van der Waals surface area contributed by atoms with Gasteiger partial charge in [0.2, 0.25) is 0 Å². The number of aliphatic hydroxyl groups is 1. The second-order valence-electron chi connectivity index (χ2n) is 3.68. The molecule has 0 heterocycles. The predicted octanol–water partition coefficient (Wildman–Crippen LogP) is -1.49. The fourth-order valence-electron chi connectivity index (χ4n) is 1.12. The van der Waals surface area contributed by atoms with Gasteiger partial charge in [-0.2, -0.15) is 5.26 Å². The van der Waals surface area contributed by atoms with Crippen molar-refractivity contribution in [3.8, 4) is 6.07 Å². The van der Waals surface area contributed by atoms with Crippen LogP contribution in [0.4, 0.5) is 0 Å². The summed E-state index contributed by atoms with van der Waals surface area (Å²) in [6.45, 7) is 0.146. The molecule has 0 spiro atoms. The van der Waals surface area contributed by atoms with Gasteiger partial charge >= 0.3 is 11.8 Å². The molecule has 1 aliphatic carbocycles. The first-order chi connectivity index (χ1) is 7.13. The van der Waals surface area contributed by atoms with Gasteiger partial charge in [-0.25, -0.2) is 0 Å². The van der Waals surface area contributed by atoms with Crippen LogP contribution in [0, 0.1) is 16.7 Å². The molecule has 0 aromatic rings. The molecule has 2 amide bonds. The van der Waals surface area contributed by atoms with Crippen LogP contribution in [-0.4, -0.2) is 36.6 Å². The summed E-state index contributed by atoms with van der Waals surface area (Å²) in [7, 11) is 0. The molecule has 82 valence electrons. The van der Waals surface area contributed by atoms with Crippen molar-refractivity contribution in [2.75, 3.05) is 19.7 Å². The minimum Gasteiger partial charge on any atom is -0.396 e. The Labute approximate surface area is 87.3 Å². The van der Waals surface area contributed by atoms with Gasteiger partial charge in [0, 0.05) is 12.0 Å². The zero-order valence-corrected chi connectivity index (χ0v) is 8.25. The van der Waals surface area contributed by atoms with Crippen LogP contribution >= 0.6 is 0 Å². The van der Waals surface area contributed by atoms with Gasteiger partial charge in [-0.15, -0.1) is 0 Å². The molecule has 3 N–H and O–H groups in total. The molecule has 0 unspecified atom stereocenters. The van der Waals surface area contributed by atoms with Crippen molar-refractivity contribution in [3.63, 3.8) is 0 Å². The number of nitriles is 1. The van der Waals surface area contributed by atoms with Gasteiger partial charge in [0.15, 0.2) is 0 Å². The number of aliphatic hydroxyl groups excluding tert-OH is 1. The van der Waals surface area contributed by atoms with Crippen LogP contribution in [0.5, 0.6) is 0 Å². The second-order valence-corrected chi connectivity index (χ2v) is 3.68. The molecule has 6 heteroatoms. The third kappa shape index (κ3) is 3.22. The smallest absolute Gasteiger partial charge is 0.310 e. The summed E-state index contributed by atoms with van der Waals surface area (Å²) in [6.07, 6.45) is 1.73. The average Bonchev–Trinajstić information content (AvgIpc) is 3.03. The molecule has 6 nitrogen and oxygen atoms in total. The van der Waals surface area contributed by atoms with Crippen LogP contribution in [0.3, 0.4) is 0 Å². The van der Waals surface area contributed by atoms with Gasteiger partial charge in [-0.3, -0.25) is 9.59 Å². The van der Waals surface area contributed by atoms with Crippen molar-refractivity contribution in [1.29, 1.82) is 5.26 Å². The van der Waals surface area contributed by atoms with E-state index in [1.807, 2.05) is 0 Å². The van der Waals surface area contributed by atoms with Crippen LogP contribution in [0.15, 0.2) is 0 Å². The first kappa shape index (κ1) is 11.5. The van der Waals surface area contributed by atoms with Crippen molar-refractivity contribution in [1.82, 2.24) is 10.6 Å². The van der Waals surface area contributed by atoms with E-state index in [4.69, 9.17) is 10.4 Å². The Balaban J connectivity index is 2.24. The number of amides is 2. The second kappa shape index (κ2) is 4.75. The Kier molecular flexibility index (Phi) is 3.63. The zero-order valence-electron chi connectivity index (χ0n) is 8.25. The van der Waals surface area contributed by atoms with E-state index in [1.54, 1.807) is 6.07 Å². The number of rotatable bonds is 4. The Bertz CT molecular complexity index is 304. The van der Waals surface area contributed by atoms with Crippen LogP contribution in [0.25, 0.3) is 0 Å². The molecule has 0 bridgehead atoms. The lowest BCUT2D eigenvalue weighted by atomic mass is 10.1. The Morgan fingerprint density at radius 1 is 1.33 bits per heavy atom. The normalized spacial score (nSPS) is 16.3. The first-order valence-electron chi connectivity index (χ1n) is 4.67. The number of nitrogens with zero attached hydrogens (tertiary/aromatic N) is 1. The number of nitrogens with one attached hydrogen (secondary N) is 2. The molecule has 0 aromatic carbocycles. The maximum absolute atomic E-state index is 11.1. The monoisotopic (exact) mass is 211 g/mol. The summed E-state index contributed by atoms with van der Waals surface area (Å²) in [6, 6.07) is 1.70. The predicted molar refractivity (Wildman–Crippen MR) is 50.4 cm³/mol. The van der Waals surface area contributed by atoms with Crippen LogP contribution in [-0.2, 0) is 9.59 Å². The van der Waals surface area contributed by atoms with Gasteiger partial charge in [-0.1, -0.05) is 0 Å². The fraction of sp³-hybridized carbons (Fsp3) is 0.667. The molecule has 0 atom stereocenters. The van der Waals surface area contributed by atoms with Crippen molar-refractivity contribution in [2.45, 2.75) is 12.8 Å². The van der Waals surface area contributed by atoms with Crippen molar-refractivity contribution < 1.29 is 14.7 Å². The number of carbonyl (C=O) groups excluding carboxylic acids is 2. The highest BCUT2D eigenvalue weighted by Crippen LogP contribution is 2.44. The van der Waals surface area contributed by atoms with E-state index in [1.165, 1.54) is 0 Å². The van der Waals surface area contributed by atoms with E-state index in [9.17, 15) is 9.59 Å². The number of hydrogen-bond donors (Lipinski definition) is 3. The third-order valence-corrected chi connectivity index (χ3v) is 2.45. The van der Waals surface area contributed by atoms with E-state index in [0.717, 1.165) is 12.8 Å². The molecular formula is C9H13N3O3. The third-order valence-electron chi connectivity index (χ3n) is 2.45. The molecular weight excluding hydrogens is 198 g/mol. The van der Waals surface area contributed by atoms with E-state index in [0.29, 0.717) is 6.54 Å². The SMILES string of the molecule is N#CCNC(=O)C(=O)NCC1(CO)CC1. The molecule has 0 aromatic heterocycles. The topological polar surface area (TPSA) is 102 Å². The summed E-state index contributed by atoms with van der Waals surface area (Å²) < 4.78 is 0. The van der Waals surface area contributed by atoms with Crippen LogP contribution < -0.4 is 10.6 Å². The lowest BCUT2D eigenvalue weighted by Crippen LogP contribution is -2.42. The van der Waals surface area contributed by atoms with Crippen molar-refractivity contribution in [2.24, 2.45) is 5.41 Å². The Morgan fingerprint density at radius 2 is 1.93 bits per heavy atom. The van der Waals surface area contributed by atoms with Gasteiger partial charge < -0.3 is 15.7 Å². The Hall–Kier alpha value is -1.61. The van der Waals surface area contributed by atoms with Gasteiger partial charge in [0.05, 0.1) is 12.7 Å². The van der Waals surface area contributed by atoms with Crippen LogP contribution in [0.2, 0.25) is 0 Å². The first-order valence-corrected chi connectivity index (χ1v) is 4.67. The summed E-state index contributed by atoms with van der Waals surface area (Å²) >= 11 is 0. The minimum absolute atomic E-state index is 0.0209. The quantitative estimate of drug-likeness (QED) is 0.389. The fourth-order valence-corrected chi connectivity index (χ4v) is 1.12. The van der Waals surface area contributed by atoms with Crippen LogP contribution in [0.1, 0.15) is 12.8 Å². The summed E-state index contributed by atoms with van der Waals surface area (Å²) in [5.74, 6) is -1.57. The highest BCUT2D eigenvalue weighted by molar-refractivity contribution is 6.35. The summed E-state index contributed by atoms with van der Waals surface area (Å²) in [5.41, 5.74) is -0.217. The van der Waals surface area contributed by atoms with E-state index in [-0.39, 0.29) is 18.6 Å². The highest BCUT2D eigenvalue weighted by atomic mass is 16.3. The molecule has 0 saturated heterocycles. The molecule has 0 aliphatic heterocycles. The maximum atomic E-state index is 11.1. The highest BCUT2D eigenvalue weighted by Gasteiger charge is 2.42. The zero-order chi connectivity index (χ0) is 11.3. The van der Waals surface area contributed by atoms with Gasteiger partial charge in [0.1, 0.15) is 6.54 Å². The van der Waals surface area contributed by atoms with E-state index < -0.39 is 11.8 Å². The standard InChI is InChI=1S/C9H13N3O3/c10-3-4-11-7(14)8(15)12-5-9(6-13)1-2-9/h13H,1-2,4-6H2,(H,11,14)(H,12,15). The van der Waals surface area contributed by atoms with Gasteiger partial charge in [0.25, 0.3) is 0 Å². The largest absolute Gasteiger partial charge is 0.396 e. The lowest BCUT2D eigenvalue weighted by Gasteiger charge is -2.11. The van der Waals surface area contributed by atoms with Crippen molar-refractivity contribution in [3.05, 3.63) is 0 Å². The minimum atomic E-state index is -0.815. The molecule has 1 aliphatic rings.